The van der Waals surface area contributed by atoms with E-state index in [4.69, 9.17) is 4.74 Å². The van der Waals surface area contributed by atoms with E-state index < -0.39 is 16.0 Å². The van der Waals surface area contributed by atoms with Gasteiger partial charge in [0, 0.05) is 18.0 Å². The third-order valence-electron chi connectivity index (χ3n) is 4.41. The molecule has 0 aliphatic carbocycles. The lowest BCUT2D eigenvalue weighted by molar-refractivity contribution is -0.130. The standard InChI is InChI=1S/C19H21NO5S2/c1-25-15-7-5-14(6-8-15)13-16(19(21)22)17-9-10-18(26-17)27(23,24)20-11-3-2-4-12-20/h5-10,13H,2-4,11-12H2,1H3,(H,21,22). The number of sulfonamides is 1. The number of piperidine rings is 1. The molecule has 2 heterocycles. The molecule has 1 aliphatic heterocycles. The van der Waals surface area contributed by atoms with Gasteiger partial charge in [-0.3, -0.25) is 0 Å². The van der Waals surface area contributed by atoms with Crippen molar-refractivity contribution in [2.75, 3.05) is 20.2 Å². The lowest BCUT2D eigenvalue weighted by atomic mass is 10.1. The molecule has 0 atom stereocenters. The molecule has 0 amide bonds. The zero-order valence-corrected chi connectivity index (χ0v) is 16.6. The molecule has 6 nitrogen and oxygen atoms in total. The molecule has 144 valence electrons. The van der Waals surface area contributed by atoms with Crippen molar-refractivity contribution in [3.8, 4) is 5.75 Å². The first-order valence-corrected chi connectivity index (χ1v) is 10.9. The van der Waals surface area contributed by atoms with Crippen LogP contribution in [0.1, 0.15) is 29.7 Å². The fourth-order valence-electron chi connectivity index (χ4n) is 2.94. The van der Waals surface area contributed by atoms with Gasteiger partial charge in [-0.15, -0.1) is 11.3 Å². The summed E-state index contributed by atoms with van der Waals surface area (Å²) in [5.41, 5.74) is 0.757. The summed E-state index contributed by atoms with van der Waals surface area (Å²) in [5, 5.41) is 9.60. The first-order valence-electron chi connectivity index (χ1n) is 8.61. The maximum atomic E-state index is 12.8. The van der Waals surface area contributed by atoms with Crippen LogP contribution in [0.3, 0.4) is 0 Å². The van der Waals surface area contributed by atoms with Crippen molar-refractivity contribution >= 4 is 39.0 Å². The summed E-state index contributed by atoms with van der Waals surface area (Å²) in [6.45, 7) is 1.03. The van der Waals surface area contributed by atoms with Crippen LogP contribution in [-0.2, 0) is 14.8 Å². The highest BCUT2D eigenvalue weighted by Gasteiger charge is 2.28. The summed E-state index contributed by atoms with van der Waals surface area (Å²) in [6, 6.07) is 10.0. The molecule has 0 unspecified atom stereocenters. The molecule has 1 aromatic heterocycles. The lowest BCUT2D eigenvalue weighted by Crippen LogP contribution is -2.35. The first-order chi connectivity index (χ1) is 12.9. The fraction of sp³-hybridized carbons (Fsp3) is 0.316. The third-order valence-corrected chi connectivity index (χ3v) is 7.90. The Kier molecular flexibility index (Phi) is 5.98. The molecule has 0 spiro atoms. The second-order valence-corrected chi connectivity index (χ2v) is 9.47. The molecular weight excluding hydrogens is 386 g/mol. The van der Waals surface area contributed by atoms with Gasteiger partial charge in [0.2, 0.25) is 0 Å². The minimum Gasteiger partial charge on any atom is -0.497 e. The molecular formula is C19H21NO5S2. The molecule has 1 aliphatic rings. The average Bonchev–Trinajstić information content (AvgIpc) is 3.17. The van der Waals surface area contributed by atoms with Crippen molar-refractivity contribution in [3.05, 3.63) is 46.8 Å². The summed E-state index contributed by atoms with van der Waals surface area (Å²) < 4.78 is 32.3. The van der Waals surface area contributed by atoms with E-state index in [2.05, 4.69) is 0 Å². The van der Waals surface area contributed by atoms with E-state index in [1.807, 2.05) is 0 Å². The van der Waals surface area contributed by atoms with Gasteiger partial charge in [-0.2, -0.15) is 4.31 Å². The smallest absolute Gasteiger partial charge is 0.337 e. The molecule has 1 aromatic carbocycles. The monoisotopic (exact) mass is 407 g/mol. The number of benzene rings is 1. The third kappa shape index (κ3) is 4.40. The Labute approximate surface area is 162 Å². The largest absolute Gasteiger partial charge is 0.497 e. The van der Waals surface area contributed by atoms with Gasteiger partial charge in [-0.25, -0.2) is 13.2 Å². The van der Waals surface area contributed by atoms with E-state index in [1.54, 1.807) is 37.4 Å². The quantitative estimate of drug-likeness (QED) is 0.740. The van der Waals surface area contributed by atoms with Crippen LogP contribution < -0.4 is 4.74 Å². The van der Waals surface area contributed by atoms with Gasteiger partial charge in [0.25, 0.3) is 10.0 Å². The van der Waals surface area contributed by atoms with Gasteiger partial charge in [0.05, 0.1) is 12.7 Å². The fourth-order valence-corrected chi connectivity index (χ4v) is 5.93. The maximum Gasteiger partial charge on any atom is 0.337 e. The van der Waals surface area contributed by atoms with Gasteiger partial charge in [-0.1, -0.05) is 18.6 Å². The minimum absolute atomic E-state index is 0.0604. The number of thiophene rings is 1. The molecule has 1 N–H and O–H groups in total. The number of hydrogen-bond donors (Lipinski definition) is 1. The summed E-state index contributed by atoms with van der Waals surface area (Å²) in [7, 11) is -2.01. The van der Waals surface area contributed by atoms with Crippen LogP contribution in [0.25, 0.3) is 11.6 Å². The van der Waals surface area contributed by atoms with Crippen LogP contribution >= 0.6 is 11.3 Å². The number of carboxylic acid groups (broad SMARTS) is 1. The second-order valence-electron chi connectivity index (χ2n) is 6.22. The Morgan fingerprint density at radius 3 is 2.37 bits per heavy atom. The average molecular weight is 408 g/mol. The summed E-state index contributed by atoms with van der Waals surface area (Å²) in [5.74, 6) is -0.426. The highest BCUT2D eigenvalue weighted by Crippen LogP contribution is 2.32. The van der Waals surface area contributed by atoms with E-state index in [0.29, 0.717) is 29.3 Å². The van der Waals surface area contributed by atoms with Crippen LogP contribution in [0.15, 0.2) is 40.6 Å². The SMILES string of the molecule is COc1ccc(C=C(C(=O)O)c2ccc(S(=O)(=O)N3CCCCC3)s2)cc1. The predicted molar refractivity (Wildman–Crippen MR) is 105 cm³/mol. The zero-order chi connectivity index (χ0) is 19.4. The molecule has 1 fully saturated rings. The highest BCUT2D eigenvalue weighted by molar-refractivity contribution is 7.91. The van der Waals surface area contributed by atoms with Gasteiger partial charge in [0.1, 0.15) is 9.96 Å². The number of carboxylic acids is 1. The number of rotatable bonds is 6. The zero-order valence-electron chi connectivity index (χ0n) is 14.9. The van der Waals surface area contributed by atoms with E-state index in [0.717, 1.165) is 30.6 Å². The van der Waals surface area contributed by atoms with E-state index >= 15 is 0 Å². The number of hydrogen-bond acceptors (Lipinski definition) is 5. The molecule has 3 rings (SSSR count). The minimum atomic E-state index is -3.57. The maximum absolute atomic E-state index is 12.8. The van der Waals surface area contributed by atoms with Crippen LogP contribution in [0, 0.1) is 0 Å². The van der Waals surface area contributed by atoms with Gasteiger partial charge in [0.15, 0.2) is 0 Å². The van der Waals surface area contributed by atoms with E-state index in [1.165, 1.54) is 16.4 Å². The Balaban J connectivity index is 1.91. The Bertz CT molecular complexity index is 939. The van der Waals surface area contributed by atoms with E-state index in [-0.39, 0.29) is 9.78 Å². The second kappa shape index (κ2) is 8.24. The van der Waals surface area contributed by atoms with Crippen molar-refractivity contribution in [1.29, 1.82) is 0 Å². The Morgan fingerprint density at radius 2 is 1.78 bits per heavy atom. The predicted octanol–water partition coefficient (Wildman–Crippen LogP) is 3.56. The molecule has 0 radical (unpaired) electrons. The first kappa shape index (κ1) is 19.6. The highest BCUT2D eigenvalue weighted by atomic mass is 32.2. The van der Waals surface area contributed by atoms with Crippen molar-refractivity contribution in [2.24, 2.45) is 0 Å². The molecule has 0 bridgehead atoms. The van der Waals surface area contributed by atoms with Crippen molar-refractivity contribution < 1.29 is 23.1 Å². The van der Waals surface area contributed by atoms with Crippen molar-refractivity contribution in [2.45, 2.75) is 23.5 Å². The van der Waals surface area contributed by atoms with Crippen molar-refractivity contribution in [1.82, 2.24) is 4.31 Å². The number of aliphatic carboxylic acids is 1. The number of ether oxygens (including phenoxy) is 1. The Hall–Kier alpha value is -2.16. The van der Waals surface area contributed by atoms with Crippen LogP contribution in [-0.4, -0.2) is 44.0 Å². The van der Waals surface area contributed by atoms with Crippen LogP contribution in [0.2, 0.25) is 0 Å². The number of methoxy groups -OCH3 is 1. The molecule has 1 saturated heterocycles. The van der Waals surface area contributed by atoms with Gasteiger partial charge < -0.3 is 9.84 Å². The van der Waals surface area contributed by atoms with Crippen molar-refractivity contribution in [3.63, 3.8) is 0 Å². The number of nitrogens with zero attached hydrogens (tertiary/aromatic N) is 1. The van der Waals surface area contributed by atoms with Gasteiger partial charge >= 0.3 is 5.97 Å². The van der Waals surface area contributed by atoms with Gasteiger partial charge in [-0.05, 0) is 48.7 Å². The number of carbonyl (C=O) groups is 1. The normalized spacial score (nSPS) is 16.3. The lowest BCUT2D eigenvalue weighted by Gasteiger charge is -2.25. The molecule has 27 heavy (non-hydrogen) atoms. The summed E-state index contributed by atoms with van der Waals surface area (Å²) in [4.78, 5) is 12.2. The molecule has 2 aromatic rings. The van der Waals surface area contributed by atoms with E-state index in [9.17, 15) is 18.3 Å². The Morgan fingerprint density at radius 1 is 1.11 bits per heavy atom. The summed E-state index contributed by atoms with van der Waals surface area (Å²) >= 11 is 0.993. The molecule has 0 saturated carbocycles. The summed E-state index contributed by atoms with van der Waals surface area (Å²) in [6.07, 6.45) is 4.28. The van der Waals surface area contributed by atoms with Crippen LogP contribution in [0.4, 0.5) is 0 Å². The van der Waals surface area contributed by atoms with Crippen LogP contribution in [0.5, 0.6) is 5.75 Å². The molecule has 8 heteroatoms. The topological polar surface area (TPSA) is 83.9 Å².